The molecule has 32 heavy (non-hydrogen) atoms. The van der Waals surface area contributed by atoms with Crippen molar-refractivity contribution >= 4 is 0 Å². The molecular weight excluding hydrogens is 400 g/mol. The van der Waals surface area contributed by atoms with Crippen molar-refractivity contribution < 1.29 is 9.47 Å². The number of methoxy groups -OCH3 is 2. The Morgan fingerprint density at radius 3 is 2.66 bits per heavy atom. The maximum absolute atomic E-state index is 5.71. The Kier molecular flexibility index (Phi) is 7.32. The summed E-state index contributed by atoms with van der Waals surface area (Å²) < 4.78 is 11.2. The van der Waals surface area contributed by atoms with Crippen LogP contribution in [-0.2, 0) is 13.0 Å². The lowest BCUT2D eigenvalue weighted by Gasteiger charge is -2.36. The first-order chi connectivity index (χ1) is 15.7. The summed E-state index contributed by atoms with van der Waals surface area (Å²) >= 11 is 0. The lowest BCUT2D eigenvalue weighted by Crippen LogP contribution is -2.34. The van der Waals surface area contributed by atoms with Crippen molar-refractivity contribution in [1.29, 1.82) is 0 Å². The van der Waals surface area contributed by atoms with Crippen LogP contribution in [0.4, 0.5) is 0 Å². The van der Waals surface area contributed by atoms with Crippen LogP contribution in [-0.4, -0.2) is 40.6 Å². The molecule has 4 rings (SSSR count). The molecule has 6 nitrogen and oxygen atoms in total. The van der Waals surface area contributed by atoms with Crippen molar-refractivity contribution in [2.24, 2.45) is 0 Å². The van der Waals surface area contributed by atoms with E-state index in [1.807, 2.05) is 42.9 Å². The number of likely N-dealkylation sites (tertiary alicyclic amines) is 1. The third-order valence-electron chi connectivity index (χ3n) is 6.12. The molecule has 168 valence electrons. The molecule has 0 spiro atoms. The Hall–Kier alpha value is -2.99. The van der Waals surface area contributed by atoms with Gasteiger partial charge in [-0.05, 0) is 49.6 Å². The molecule has 1 aromatic carbocycles. The Morgan fingerprint density at radius 1 is 1.06 bits per heavy atom. The van der Waals surface area contributed by atoms with E-state index in [0.717, 1.165) is 72.1 Å². The maximum Gasteiger partial charge on any atom is 0.165 e. The average molecular weight is 433 g/mol. The highest BCUT2D eigenvalue weighted by atomic mass is 16.5. The number of nitrogens with zero attached hydrogens (tertiary/aromatic N) is 4. The zero-order chi connectivity index (χ0) is 22.3. The fourth-order valence-electron chi connectivity index (χ4n) is 4.57. The minimum Gasteiger partial charge on any atom is -0.493 e. The summed E-state index contributed by atoms with van der Waals surface area (Å²) in [6, 6.07) is 10.4. The van der Waals surface area contributed by atoms with Gasteiger partial charge < -0.3 is 9.47 Å². The summed E-state index contributed by atoms with van der Waals surface area (Å²) in [6.45, 7) is 3.98. The highest BCUT2D eigenvalue weighted by Gasteiger charge is 2.29. The molecule has 0 unspecified atom stereocenters. The van der Waals surface area contributed by atoms with E-state index in [-0.39, 0.29) is 6.04 Å². The van der Waals surface area contributed by atoms with Crippen LogP contribution in [0.2, 0.25) is 0 Å². The fraction of sp³-hybridized carbons (Fsp3) is 0.423. The van der Waals surface area contributed by atoms with E-state index < -0.39 is 0 Å². The van der Waals surface area contributed by atoms with E-state index >= 15 is 0 Å². The van der Waals surface area contributed by atoms with Crippen LogP contribution in [0.5, 0.6) is 11.5 Å². The molecule has 1 aliphatic rings. The summed E-state index contributed by atoms with van der Waals surface area (Å²) in [7, 11) is 3.39. The van der Waals surface area contributed by atoms with Gasteiger partial charge in [-0.1, -0.05) is 25.5 Å². The summed E-state index contributed by atoms with van der Waals surface area (Å²) in [5.41, 5.74) is 4.47. The van der Waals surface area contributed by atoms with Crippen LogP contribution < -0.4 is 9.47 Å². The zero-order valence-electron chi connectivity index (χ0n) is 19.3. The maximum atomic E-state index is 5.71. The summed E-state index contributed by atoms with van der Waals surface area (Å²) in [6.07, 6.45) is 11.0. The Balaban J connectivity index is 1.73. The third-order valence-corrected chi connectivity index (χ3v) is 6.12. The van der Waals surface area contributed by atoms with E-state index in [9.17, 15) is 0 Å². The van der Waals surface area contributed by atoms with Gasteiger partial charge in [0.2, 0.25) is 0 Å². The molecule has 0 radical (unpaired) electrons. The Labute approximate surface area is 190 Å². The van der Waals surface area contributed by atoms with Crippen molar-refractivity contribution in [2.45, 2.75) is 51.6 Å². The third kappa shape index (κ3) is 4.75. The molecule has 3 aromatic rings. The van der Waals surface area contributed by atoms with Gasteiger partial charge in [0, 0.05) is 42.7 Å². The topological polar surface area (TPSA) is 60.4 Å². The number of piperidine rings is 1. The van der Waals surface area contributed by atoms with E-state index in [2.05, 4.69) is 27.9 Å². The molecule has 1 aliphatic heterocycles. The van der Waals surface area contributed by atoms with Crippen LogP contribution in [0.15, 0.2) is 48.9 Å². The van der Waals surface area contributed by atoms with Crippen LogP contribution in [0, 0.1) is 0 Å². The number of benzene rings is 1. The monoisotopic (exact) mass is 432 g/mol. The normalized spacial score (nSPS) is 16.7. The predicted octanol–water partition coefficient (Wildman–Crippen LogP) is 5.24. The van der Waals surface area contributed by atoms with Gasteiger partial charge in [0.05, 0.1) is 26.0 Å². The SMILES string of the molecule is CCCc1ncc(-c2ccncc2)c([C@H]2CCCCN2Cc2cccc(OC)c2OC)n1. The Morgan fingerprint density at radius 2 is 1.91 bits per heavy atom. The van der Waals surface area contributed by atoms with Gasteiger partial charge >= 0.3 is 0 Å². The summed E-state index contributed by atoms with van der Waals surface area (Å²) in [5, 5.41) is 0. The molecule has 1 saturated heterocycles. The van der Waals surface area contributed by atoms with Gasteiger partial charge in [-0.2, -0.15) is 0 Å². The van der Waals surface area contributed by atoms with Crippen molar-refractivity contribution in [2.75, 3.05) is 20.8 Å². The standard InChI is InChI=1S/C26H32N4O2/c1-4-8-24-28-17-21(19-12-14-27-15-13-19)25(29-24)22-10-5-6-16-30(22)18-20-9-7-11-23(31-2)26(20)32-3/h7,9,11-15,17,22H,4-6,8,10,16,18H2,1-3H3/t22-/m1/s1. The molecule has 0 bridgehead atoms. The largest absolute Gasteiger partial charge is 0.493 e. The molecule has 1 fully saturated rings. The minimum atomic E-state index is 0.224. The smallest absolute Gasteiger partial charge is 0.165 e. The van der Waals surface area contributed by atoms with Crippen molar-refractivity contribution in [3.05, 3.63) is 66.0 Å². The lowest BCUT2D eigenvalue weighted by atomic mass is 9.93. The second-order valence-electron chi connectivity index (χ2n) is 8.21. The molecule has 0 N–H and O–H groups in total. The summed E-state index contributed by atoms with van der Waals surface area (Å²) in [4.78, 5) is 16.5. The van der Waals surface area contributed by atoms with E-state index in [0.29, 0.717) is 0 Å². The predicted molar refractivity (Wildman–Crippen MR) is 126 cm³/mol. The Bertz CT molecular complexity index is 1030. The van der Waals surface area contributed by atoms with E-state index in [1.54, 1.807) is 14.2 Å². The number of aromatic nitrogens is 3. The molecule has 3 heterocycles. The van der Waals surface area contributed by atoms with Gasteiger partial charge in [-0.25, -0.2) is 9.97 Å². The number of pyridine rings is 1. The minimum absolute atomic E-state index is 0.224. The first-order valence-corrected chi connectivity index (χ1v) is 11.4. The molecule has 0 aliphatic carbocycles. The van der Waals surface area contributed by atoms with Gasteiger partial charge in [-0.15, -0.1) is 0 Å². The quantitative estimate of drug-likeness (QED) is 0.485. The van der Waals surface area contributed by atoms with Crippen LogP contribution >= 0.6 is 0 Å². The number of para-hydroxylation sites is 1. The van der Waals surface area contributed by atoms with Crippen molar-refractivity contribution in [3.8, 4) is 22.6 Å². The first-order valence-electron chi connectivity index (χ1n) is 11.4. The van der Waals surface area contributed by atoms with Gasteiger partial charge in [0.25, 0.3) is 0 Å². The van der Waals surface area contributed by atoms with Crippen molar-refractivity contribution in [3.63, 3.8) is 0 Å². The second kappa shape index (κ2) is 10.6. The highest BCUT2D eigenvalue weighted by molar-refractivity contribution is 5.65. The number of rotatable bonds is 8. The number of aryl methyl sites for hydroxylation is 1. The number of ether oxygens (including phenoxy) is 2. The zero-order valence-corrected chi connectivity index (χ0v) is 19.3. The second-order valence-corrected chi connectivity index (χ2v) is 8.21. The lowest BCUT2D eigenvalue weighted by molar-refractivity contribution is 0.136. The molecule has 1 atom stereocenters. The first kappa shape index (κ1) is 22.2. The van der Waals surface area contributed by atoms with Crippen LogP contribution in [0.25, 0.3) is 11.1 Å². The van der Waals surface area contributed by atoms with Gasteiger partial charge in [0.1, 0.15) is 5.82 Å². The number of hydrogen-bond acceptors (Lipinski definition) is 6. The molecule has 6 heteroatoms. The average Bonchev–Trinajstić information content (AvgIpc) is 2.85. The summed E-state index contributed by atoms with van der Waals surface area (Å²) in [5.74, 6) is 2.50. The van der Waals surface area contributed by atoms with Crippen LogP contribution in [0.1, 0.15) is 55.7 Å². The van der Waals surface area contributed by atoms with E-state index in [1.165, 1.54) is 12.8 Å². The van der Waals surface area contributed by atoms with Crippen LogP contribution in [0.3, 0.4) is 0 Å². The molecule has 0 amide bonds. The molecular formula is C26H32N4O2. The highest BCUT2D eigenvalue weighted by Crippen LogP contribution is 2.39. The van der Waals surface area contributed by atoms with Gasteiger partial charge in [-0.3, -0.25) is 9.88 Å². The fourth-order valence-corrected chi connectivity index (χ4v) is 4.57. The van der Waals surface area contributed by atoms with E-state index in [4.69, 9.17) is 14.5 Å². The van der Waals surface area contributed by atoms with Crippen molar-refractivity contribution in [1.82, 2.24) is 19.9 Å². The number of hydrogen-bond donors (Lipinski definition) is 0. The molecule has 0 saturated carbocycles. The molecule has 2 aromatic heterocycles. The van der Waals surface area contributed by atoms with Gasteiger partial charge in [0.15, 0.2) is 11.5 Å².